The predicted molar refractivity (Wildman–Crippen MR) is 213 cm³/mol. The van der Waals surface area contributed by atoms with E-state index in [0.717, 1.165) is 64.9 Å². The molecule has 0 saturated carbocycles. The first-order valence-electron chi connectivity index (χ1n) is 19.1. The van der Waals surface area contributed by atoms with Gasteiger partial charge in [0.1, 0.15) is 23.7 Å². The van der Waals surface area contributed by atoms with E-state index in [1.54, 1.807) is 11.1 Å². The van der Waals surface area contributed by atoms with Crippen molar-refractivity contribution < 1.29 is 28.9 Å². The molecule has 0 radical (unpaired) electrons. The lowest BCUT2D eigenvalue weighted by Crippen LogP contribution is -2.42. The minimum absolute atomic E-state index is 0.0208. The Kier molecular flexibility index (Phi) is 12.0. The van der Waals surface area contributed by atoms with Gasteiger partial charge in [0.2, 0.25) is 12.3 Å². The van der Waals surface area contributed by atoms with Crippen LogP contribution in [0.2, 0.25) is 0 Å². The van der Waals surface area contributed by atoms with Gasteiger partial charge in [-0.25, -0.2) is 19.8 Å². The summed E-state index contributed by atoms with van der Waals surface area (Å²) < 4.78 is 4.82. The number of methoxy groups -OCH3 is 1. The minimum atomic E-state index is -0.882. The number of likely N-dealkylation sites (tertiary alicyclic amines) is 2. The number of rotatable bonds is 11. The molecule has 14 heteroatoms. The van der Waals surface area contributed by atoms with Crippen molar-refractivity contribution in [3.8, 4) is 23.1 Å². The van der Waals surface area contributed by atoms with Crippen molar-refractivity contribution in [1.29, 1.82) is 0 Å². The molecule has 3 amide bonds. The number of hydrogen-bond donors (Lipinski definition) is 3. The largest absolute Gasteiger partial charge is 0.453 e. The molecule has 3 aromatic carbocycles. The summed E-state index contributed by atoms with van der Waals surface area (Å²) in [6, 6.07) is 21.0. The van der Waals surface area contributed by atoms with Gasteiger partial charge < -0.3 is 34.7 Å². The smallest absolute Gasteiger partial charge is 0.407 e. The summed E-state index contributed by atoms with van der Waals surface area (Å²) in [4.78, 5) is 73.4. The second kappa shape index (κ2) is 17.6. The molecular formula is C43H46N8O6. The van der Waals surface area contributed by atoms with Gasteiger partial charge in [0.05, 0.1) is 49.2 Å². The van der Waals surface area contributed by atoms with Crippen molar-refractivity contribution in [3.05, 3.63) is 107 Å². The maximum absolute atomic E-state index is 13.9. The number of benzene rings is 3. The summed E-state index contributed by atoms with van der Waals surface area (Å²) in [5, 5.41) is 2.70. The maximum atomic E-state index is 13.9. The van der Waals surface area contributed by atoms with Crippen LogP contribution in [0, 0.1) is 17.8 Å². The molecule has 5 aromatic rings. The fourth-order valence-electron chi connectivity index (χ4n) is 7.52. The number of amides is 3. The topological polar surface area (TPSA) is 167 Å². The number of ether oxygens (including phenoxy) is 1. The number of aliphatic imine (C=N–C) groups is 1. The van der Waals surface area contributed by atoms with E-state index in [1.165, 1.54) is 20.6 Å². The van der Waals surface area contributed by atoms with Gasteiger partial charge >= 0.3 is 6.09 Å². The summed E-state index contributed by atoms with van der Waals surface area (Å²) in [7, 11) is 2.67. The molecule has 0 bridgehead atoms. The van der Waals surface area contributed by atoms with Gasteiger partial charge in [0, 0.05) is 24.2 Å². The van der Waals surface area contributed by atoms with Crippen LogP contribution in [0.3, 0.4) is 0 Å². The molecule has 4 atom stereocenters. The van der Waals surface area contributed by atoms with Gasteiger partial charge in [0.15, 0.2) is 0 Å². The summed E-state index contributed by atoms with van der Waals surface area (Å²) in [5.74, 6) is 7.67. The molecule has 0 spiro atoms. The Morgan fingerprint density at radius 2 is 1.56 bits per heavy atom. The van der Waals surface area contributed by atoms with E-state index >= 15 is 0 Å². The van der Waals surface area contributed by atoms with Crippen LogP contribution in [0.5, 0.6) is 0 Å². The van der Waals surface area contributed by atoms with E-state index in [-0.39, 0.29) is 29.8 Å². The number of aromatic amines is 2. The molecule has 4 heterocycles. The Labute approximate surface area is 331 Å². The summed E-state index contributed by atoms with van der Waals surface area (Å²) in [6.45, 7) is 5.10. The first-order valence-corrected chi connectivity index (χ1v) is 19.1. The number of hydrogen-bond acceptors (Lipinski definition) is 9. The van der Waals surface area contributed by atoms with E-state index in [2.05, 4.69) is 42.0 Å². The van der Waals surface area contributed by atoms with Crippen molar-refractivity contribution in [2.45, 2.75) is 63.7 Å². The first-order chi connectivity index (χ1) is 27.7. The lowest BCUT2D eigenvalue weighted by Gasteiger charge is -2.28. The Hall–Kier alpha value is -6.46. The SMILES string of the molecule is COOC=N[C@H](C(=O)N1CCC[C@H]1c1nc2ccc(C#Cc3ccc(-c4cnc([C@@H]5CCCN5C(=O)[C@@H](NC(=O)OC)c5ccccc5)[nH]4)cc3)cc2[nH]1)C(C)C. The van der Waals surface area contributed by atoms with Crippen LogP contribution in [0.4, 0.5) is 4.79 Å². The highest BCUT2D eigenvalue weighted by atomic mass is 17.2. The molecule has 294 valence electrons. The summed E-state index contributed by atoms with van der Waals surface area (Å²) >= 11 is 0. The summed E-state index contributed by atoms with van der Waals surface area (Å²) in [5.41, 5.74) is 5.78. The van der Waals surface area contributed by atoms with Gasteiger partial charge in [0.25, 0.3) is 5.91 Å². The van der Waals surface area contributed by atoms with Gasteiger partial charge in [-0.1, -0.05) is 68.2 Å². The van der Waals surface area contributed by atoms with E-state index in [4.69, 9.17) is 14.6 Å². The number of carbonyl (C=O) groups excluding carboxylic acids is 3. The molecule has 14 nitrogen and oxygen atoms in total. The van der Waals surface area contributed by atoms with Crippen LogP contribution in [-0.2, 0) is 24.1 Å². The van der Waals surface area contributed by atoms with Gasteiger partial charge in [-0.3, -0.25) is 9.59 Å². The highest BCUT2D eigenvalue weighted by molar-refractivity contribution is 5.87. The van der Waals surface area contributed by atoms with Crippen LogP contribution in [0.15, 0.2) is 84.0 Å². The van der Waals surface area contributed by atoms with Crippen molar-refractivity contribution >= 4 is 35.3 Å². The number of fused-ring (bicyclic) bond motifs is 1. The predicted octanol–water partition coefficient (Wildman–Crippen LogP) is 6.41. The molecular weight excluding hydrogens is 725 g/mol. The maximum Gasteiger partial charge on any atom is 0.407 e. The molecule has 3 N–H and O–H groups in total. The second-order valence-corrected chi connectivity index (χ2v) is 14.4. The van der Waals surface area contributed by atoms with Gasteiger partial charge in [-0.05, 0) is 73.1 Å². The number of nitrogens with one attached hydrogen (secondary N) is 3. The number of carbonyl (C=O) groups is 3. The molecule has 0 aliphatic carbocycles. The van der Waals surface area contributed by atoms with Gasteiger partial charge in [-0.2, -0.15) is 4.89 Å². The molecule has 57 heavy (non-hydrogen) atoms. The van der Waals surface area contributed by atoms with Crippen molar-refractivity contribution in [2.24, 2.45) is 10.9 Å². The van der Waals surface area contributed by atoms with Gasteiger partial charge in [-0.15, -0.1) is 0 Å². The summed E-state index contributed by atoms with van der Waals surface area (Å²) in [6.07, 6.45) is 5.53. The Morgan fingerprint density at radius 1 is 0.877 bits per heavy atom. The lowest BCUT2D eigenvalue weighted by atomic mass is 10.0. The third kappa shape index (κ3) is 8.69. The number of imidazole rings is 2. The zero-order valence-corrected chi connectivity index (χ0v) is 32.4. The van der Waals surface area contributed by atoms with E-state index in [0.29, 0.717) is 24.5 Å². The Morgan fingerprint density at radius 3 is 2.26 bits per heavy atom. The number of nitrogens with zero attached hydrogens (tertiary/aromatic N) is 5. The second-order valence-electron chi connectivity index (χ2n) is 14.4. The standard InChI is InChI=1S/C43H46N8O6/c1-27(2)37(45-26-57-56-4)41(52)51-23-9-13-36(51)40-46-32-21-18-29(24-33(32)47-40)15-14-28-16-19-30(20-17-28)34-25-44-39(48-34)35-12-8-22-50(35)42(53)38(49-43(54)55-3)31-10-6-5-7-11-31/h5-7,10-11,16-21,24-27,35-38H,8-9,12-13,22-23H2,1-4H3,(H,44,48)(H,46,47)(H,49,54)/t35-,36-,37-,38-/m0/s1. The van der Waals surface area contributed by atoms with E-state index < -0.39 is 18.2 Å². The average molecular weight is 771 g/mol. The minimum Gasteiger partial charge on any atom is -0.453 e. The number of H-pyrrole nitrogens is 2. The van der Waals surface area contributed by atoms with E-state index in [1.807, 2.05) is 91.5 Å². The zero-order valence-electron chi connectivity index (χ0n) is 32.4. The number of aromatic nitrogens is 4. The highest BCUT2D eigenvalue weighted by Gasteiger charge is 2.38. The van der Waals surface area contributed by atoms with Crippen LogP contribution in [0.25, 0.3) is 22.3 Å². The van der Waals surface area contributed by atoms with E-state index in [9.17, 15) is 14.4 Å². The molecule has 2 aliphatic rings. The molecule has 2 fully saturated rings. The Balaban J connectivity index is 1.02. The molecule has 7 rings (SSSR count). The van der Waals surface area contributed by atoms with Crippen LogP contribution in [-0.4, -0.2) is 87.4 Å². The molecule has 2 saturated heterocycles. The molecule has 2 aromatic heterocycles. The fourth-order valence-corrected chi connectivity index (χ4v) is 7.52. The first kappa shape index (κ1) is 38.8. The van der Waals surface area contributed by atoms with Crippen LogP contribution in [0.1, 0.15) is 86.0 Å². The third-order valence-electron chi connectivity index (χ3n) is 10.4. The molecule has 2 aliphatic heterocycles. The highest BCUT2D eigenvalue weighted by Crippen LogP contribution is 2.35. The lowest BCUT2D eigenvalue weighted by molar-refractivity contribution is -0.188. The van der Waals surface area contributed by atoms with Crippen molar-refractivity contribution in [2.75, 3.05) is 27.3 Å². The van der Waals surface area contributed by atoms with Crippen LogP contribution >= 0.6 is 0 Å². The molecule has 0 unspecified atom stereocenters. The normalized spacial score (nSPS) is 17.8. The average Bonchev–Trinajstić information content (AvgIpc) is 4.07. The fraction of sp³-hybridized carbons (Fsp3) is 0.349. The quantitative estimate of drug-likeness (QED) is 0.0456. The van der Waals surface area contributed by atoms with Crippen molar-refractivity contribution in [1.82, 2.24) is 35.1 Å². The zero-order chi connectivity index (χ0) is 39.9. The number of alkyl carbamates (subject to hydrolysis) is 1. The third-order valence-corrected chi connectivity index (χ3v) is 10.4. The van der Waals surface area contributed by atoms with Crippen molar-refractivity contribution in [3.63, 3.8) is 0 Å². The Bertz CT molecular complexity index is 2290. The van der Waals surface area contributed by atoms with Crippen LogP contribution < -0.4 is 5.32 Å². The monoisotopic (exact) mass is 770 g/mol.